The van der Waals surface area contributed by atoms with Gasteiger partial charge in [0.2, 0.25) is 0 Å². The first-order valence-corrected chi connectivity index (χ1v) is 6.83. The molecule has 8 heteroatoms. The molecule has 110 valence electrons. The summed E-state index contributed by atoms with van der Waals surface area (Å²) in [7, 11) is -4.22. The van der Waals surface area contributed by atoms with Crippen molar-refractivity contribution in [2.45, 2.75) is 11.8 Å². The predicted octanol–water partition coefficient (Wildman–Crippen LogP) is -0.0651. The zero-order valence-corrected chi connectivity index (χ0v) is 11.3. The van der Waals surface area contributed by atoms with Gasteiger partial charge in [-0.25, -0.2) is 0 Å². The van der Waals surface area contributed by atoms with Crippen LogP contribution in [-0.4, -0.2) is 54.7 Å². The number of benzene rings is 1. The molecule has 7 nitrogen and oxygen atoms in total. The molecular formula is C11H18O7S. The summed E-state index contributed by atoms with van der Waals surface area (Å²) in [5, 5.41) is 25.1. The van der Waals surface area contributed by atoms with Crippen LogP contribution in [-0.2, 0) is 14.9 Å². The van der Waals surface area contributed by atoms with Crippen molar-refractivity contribution in [2.24, 2.45) is 0 Å². The molecule has 0 aliphatic heterocycles. The smallest absolute Gasteiger partial charge is 0.294 e. The standard InChI is InChI=1S/C7H8O4S.C4H10O3/c1-5-2-3-6(8)4-7(5)12(9,10)11;5-1-3-7-4-2-6/h2-4,8H,1H3,(H,9,10,11);5-6H,1-4H2. The summed E-state index contributed by atoms with van der Waals surface area (Å²) in [6.07, 6.45) is 0. The molecular weight excluding hydrogens is 276 g/mol. The minimum atomic E-state index is -4.22. The van der Waals surface area contributed by atoms with Crippen molar-refractivity contribution in [3.8, 4) is 5.75 Å². The number of ether oxygens (including phenoxy) is 1. The summed E-state index contributed by atoms with van der Waals surface area (Å²) in [4.78, 5) is -0.262. The van der Waals surface area contributed by atoms with E-state index in [-0.39, 0.29) is 23.9 Å². The van der Waals surface area contributed by atoms with Gasteiger partial charge in [0.25, 0.3) is 10.1 Å². The fourth-order valence-electron chi connectivity index (χ4n) is 1.10. The minimum absolute atomic E-state index is 0.0278. The van der Waals surface area contributed by atoms with Gasteiger partial charge in [-0.3, -0.25) is 4.55 Å². The van der Waals surface area contributed by atoms with Crippen LogP contribution in [0.2, 0.25) is 0 Å². The minimum Gasteiger partial charge on any atom is -0.508 e. The lowest BCUT2D eigenvalue weighted by Crippen LogP contribution is -2.03. The summed E-state index contributed by atoms with van der Waals surface area (Å²) in [5.74, 6) is -0.187. The highest BCUT2D eigenvalue weighted by molar-refractivity contribution is 7.85. The number of aryl methyl sites for hydroxylation is 1. The number of aromatic hydroxyl groups is 1. The second-order valence-corrected chi connectivity index (χ2v) is 4.87. The van der Waals surface area contributed by atoms with Crippen molar-refractivity contribution < 1.29 is 33.0 Å². The number of aliphatic hydroxyl groups is 2. The van der Waals surface area contributed by atoms with Gasteiger partial charge < -0.3 is 20.1 Å². The van der Waals surface area contributed by atoms with Gasteiger partial charge >= 0.3 is 0 Å². The van der Waals surface area contributed by atoms with Crippen molar-refractivity contribution in [3.63, 3.8) is 0 Å². The van der Waals surface area contributed by atoms with Gasteiger partial charge in [-0.05, 0) is 18.6 Å². The van der Waals surface area contributed by atoms with Crippen molar-refractivity contribution in [1.82, 2.24) is 0 Å². The molecule has 0 fully saturated rings. The van der Waals surface area contributed by atoms with Crippen LogP contribution in [0.5, 0.6) is 5.75 Å². The number of phenolic OH excluding ortho intramolecular Hbond substituents is 1. The van der Waals surface area contributed by atoms with E-state index in [1.165, 1.54) is 19.1 Å². The van der Waals surface area contributed by atoms with Crippen LogP contribution >= 0.6 is 0 Å². The van der Waals surface area contributed by atoms with Crippen LogP contribution in [0, 0.1) is 6.92 Å². The molecule has 0 bridgehead atoms. The third kappa shape index (κ3) is 7.75. The van der Waals surface area contributed by atoms with Crippen molar-refractivity contribution in [3.05, 3.63) is 23.8 Å². The monoisotopic (exact) mass is 294 g/mol. The van der Waals surface area contributed by atoms with Crippen LogP contribution in [0.15, 0.2) is 23.1 Å². The summed E-state index contributed by atoms with van der Waals surface area (Å²) in [6.45, 7) is 2.23. The molecule has 1 rings (SSSR count). The third-order valence-corrected chi connectivity index (χ3v) is 2.92. The lowest BCUT2D eigenvalue weighted by atomic mass is 10.2. The van der Waals surface area contributed by atoms with Gasteiger partial charge in [0.05, 0.1) is 26.4 Å². The quantitative estimate of drug-likeness (QED) is 0.443. The zero-order valence-electron chi connectivity index (χ0n) is 10.5. The zero-order chi connectivity index (χ0) is 14.9. The average Bonchev–Trinajstić information content (AvgIpc) is 2.32. The maximum Gasteiger partial charge on any atom is 0.294 e. The number of phenols is 1. The van der Waals surface area contributed by atoms with E-state index < -0.39 is 10.1 Å². The number of aliphatic hydroxyl groups excluding tert-OH is 2. The molecule has 0 unspecified atom stereocenters. The fourth-order valence-corrected chi connectivity index (χ4v) is 1.84. The highest BCUT2D eigenvalue weighted by atomic mass is 32.2. The highest BCUT2D eigenvalue weighted by Crippen LogP contribution is 2.19. The van der Waals surface area contributed by atoms with Crippen LogP contribution in [0.4, 0.5) is 0 Å². The van der Waals surface area contributed by atoms with Crippen LogP contribution in [0.1, 0.15) is 5.56 Å². The summed E-state index contributed by atoms with van der Waals surface area (Å²) < 4.78 is 34.6. The van der Waals surface area contributed by atoms with E-state index in [0.29, 0.717) is 18.8 Å². The Morgan fingerprint density at radius 2 is 1.68 bits per heavy atom. The second kappa shape index (κ2) is 8.83. The molecule has 19 heavy (non-hydrogen) atoms. The topological polar surface area (TPSA) is 124 Å². The largest absolute Gasteiger partial charge is 0.508 e. The molecule has 4 N–H and O–H groups in total. The summed E-state index contributed by atoms with van der Waals surface area (Å²) in [6, 6.07) is 3.77. The molecule has 0 aromatic heterocycles. The van der Waals surface area contributed by atoms with Crippen molar-refractivity contribution in [2.75, 3.05) is 26.4 Å². The van der Waals surface area contributed by atoms with Gasteiger partial charge in [-0.2, -0.15) is 8.42 Å². The molecule has 0 saturated carbocycles. The van der Waals surface area contributed by atoms with Gasteiger partial charge in [0, 0.05) is 6.07 Å². The molecule has 0 spiro atoms. The van der Waals surface area contributed by atoms with Crippen LogP contribution in [0.25, 0.3) is 0 Å². The molecule has 1 aromatic carbocycles. The average molecular weight is 294 g/mol. The molecule has 0 radical (unpaired) electrons. The summed E-state index contributed by atoms with van der Waals surface area (Å²) in [5.41, 5.74) is 0.398. The fraction of sp³-hybridized carbons (Fsp3) is 0.455. The Kier molecular flexibility index (Phi) is 8.28. The first-order chi connectivity index (χ1) is 8.82. The van der Waals surface area contributed by atoms with Crippen LogP contribution < -0.4 is 0 Å². The maximum absolute atomic E-state index is 10.7. The lowest BCUT2D eigenvalue weighted by molar-refractivity contribution is 0.0650. The Labute approximate surface area is 111 Å². The van der Waals surface area contributed by atoms with E-state index in [0.717, 1.165) is 6.07 Å². The van der Waals surface area contributed by atoms with E-state index >= 15 is 0 Å². The first-order valence-electron chi connectivity index (χ1n) is 5.39. The molecule has 0 saturated heterocycles. The van der Waals surface area contributed by atoms with Crippen molar-refractivity contribution >= 4 is 10.1 Å². The predicted molar refractivity (Wildman–Crippen MR) is 67.6 cm³/mol. The van der Waals surface area contributed by atoms with E-state index in [9.17, 15) is 8.42 Å². The van der Waals surface area contributed by atoms with E-state index in [4.69, 9.17) is 19.9 Å². The molecule has 0 heterocycles. The summed E-state index contributed by atoms with van der Waals surface area (Å²) >= 11 is 0. The highest BCUT2D eigenvalue weighted by Gasteiger charge is 2.12. The molecule has 0 aliphatic rings. The van der Waals surface area contributed by atoms with Gasteiger partial charge in [0.1, 0.15) is 10.6 Å². The van der Waals surface area contributed by atoms with Gasteiger partial charge in [-0.15, -0.1) is 0 Å². The maximum atomic E-state index is 10.7. The number of hydrogen-bond donors (Lipinski definition) is 4. The van der Waals surface area contributed by atoms with E-state index in [1.807, 2.05) is 0 Å². The number of hydrogen-bond acceptors (Lipinski definition) is 6. The van der Waals surface area contributed by atoms with Crippen molar-refractivity contribution in [1.29, 1.82) is 0 Å². The Balaban J connectivity index is 0.000000399. The third-order valence-electron chi connectivity index (χ3n) is 1.92. The Bertz CT molecular complexity index is 466. The molecule has 0 atom stereocenters. The molecule has 0 amide bonds. The van der Waals surface area contributed by atoms with E-state index in [1.54, 1.807) is 0 Å². The van der Waals surface area contributed by atoms with Gasteiger partial charge in [-0.1, -0.05) is 6.07 Å². The van der Waals surface area contributed by atoms with E-state index in [2.05, 4.69) is 4.74 Å². The number of rotatable bonds is 5. The molecule has 0 aliphatic carbocycles. The Morgan fingerprint density at radius 1 is 1.16 bits per heavy atom. The normalized spacial score (nSPS) is 10.7. The Hall–Kier alpha value is -1.19. The van der Waals surface area contributed by atoms with Gasteiger partial charge in [0.15, 0.2) is 0 Å². The lowest BCUT2D eigenvalue weighted by Gasteiger charge is -2.01. The SMILES string of the molecule is Cc1ccc(O)cc1S(=O)(=O)O.OCCOCCO. The second-order valence-electron chi connectivity index (χ2n) is 3.48. The van der Waals surface area contributed by atoms with Crippen LogP contribution in [0.3, 0.4) is 0 Å². The first kappa shape index (κ1) is 17.8. The Morgan fingerprint density at radius 3 is 2.05 bits per heavy atom. The molecule has 1 aromatic rings.